The Kier molecular flexibility index (Phi) is 4.79. The predicted molar refractivity (Wildman–Crippen MR) is 106 cm³/mol. The van der Waals surface area contributed by atoms with Gasteiger partial charge in [0.05, 0.1) is 11.4 Å². The third-order valence-corrected chi connectivity index (χ3v) is 5.89. The molecule has 5 nitrogen and oxygen atoms in total. The predicted octanol–water partition coefficient (Wildman–Crippen LogP) is 3.31. The maximum atomic E-state index is 12.6. The summed E-state index contributed by atoms with van der Waals surface area (Å²) in [6, 6.07) is 16.2. The molecule has 2 aromatic heterocycles. The van der Waals surface area contributed by atoms with Crippen LogP contribution < -0.4 is 10.7 Å². The van der Waals surface area contributed by atoms with Gasteiger partial charge in [-0.25, -0.2) is 4.98 Å². The second-order valence-corrected chi connectivity index (χ2v) is 7.66. The summed E-state index contributed by atoms with van der Waals surface area (Å²) >= 11 is 2.85. The summed E-state index contributed by atoms with van der Waals surface area (Å²) in [5.41, 5.74) is 2.80. The first-order valence-corrected chi connectivity index (χ1v) is 9.98. The van der Waals surface area contributed by atoms with Crippen molar-refractivity contribution in [1.82, 2.24) is 9.97 Å². The van der Waals surface area contributed by atoms with Crippen molar-refractivity contribution < 1.29 is 9.90 Å². The van der Waals surface area contributed by atoms with Gasteiger partial charge in [-0.05, 0) is 16.7 Å². The maximum Gasteiger partial charge on any atom is 0.260 e. The Morgan fingerprint density at radius 3 is 2.56 bits per heavy atom. The summed E-state index contributed by atoms with van der Waals surface area (Å²) in [7, 11) is 0. The first-order chi connectivity index (χ1) is 13.1. The van der Waals surface area contributed by atoms with Crippen LogP contribution >= 0.6 is 23.1 Å². The zero-order valence-electron chi connectivity index (χ0n) is 14.0. The molecule has 0 amide bonds. The molecule has 0 spiro atoms. The van der Waals surface area contributed by atoms with Crippen molar-refractivity contribution in [2.75, 3.05) is 0 Å². The molecule has 0 unspecified atom stereocenters. The monoisotopic (exact) mass is 393 g/mol. The van der Waals surface area contributed by atoms with Crippen LogP contribution in [0.4, 0.5) is 0 Å². The van der Waals surface area contributed by atoms with Crippen molar-refractivity contribution in [2.45, 2.75) is 10.9 Å². The molecule has 0 aliphatic carbocycles. The zero-order chi connectivity index (χ0) is 18.8. The van der Waals surface area contributed by atoms with Gasteiger partial charge >= 0.3 is 0 Å². The van der Waals surface area contributed by atoms with Gasteiger partial charge in [-0.3, -0.25) is 4.79 Å². The minimum atomic E-state index is -1.20. The van der Waals surface area contributed by atoms with Crippen molar-refractivity contribution in [3.63, 3.8) is 0 Å². The number of fused-ring (bicyclic) bond motifs is 1. The molecule has 4 rings (SSSR count). The second-order valence-electron chi connectivity index (χ2n) is 5.84. The molecule has 0 saturated heterocycles. The minimum Gasteiger partial charge on any atom is -0.545 e. The number of carboxylic acid groups (broad SMARTS) is 1. The van der Waals surface area contributed by atoms with Crippen LogP contribution in [0.15, 0.2) is 69.9 Å². The normalized spacial score (nSPS) is 11.0. The number of thioether (sulfide) groups is 1. The average Bonchev–Trinajstić information content (AvgIpc) is 3.12. The number of H-pyrrole nitrogens is 1. The molecule has 4 aromatic rings. The topological polar surface area (TPSA) is 85.9 Å². The van der Waals surface area contributed by atoms with Crippen molar-refractivity contribution in [3.8, 4) is 11.1 Å². The molecule has 134 valence electrons. The van der Waals surface area contributed by atoms with E-state index in [2.05, 4.69) is 9.97 Å². The molecule has 7 heteroatoms. The van der Waals surface area contributed by atoms with Crippen LogP contribution in [0.25, 0.3) is 21.3 Å². The van der Waals surface area contributed by atoms with Crippen molar-refractivity contribution >= 4 is 39.3 Å². The molecule has 27 heavy (non-hydrogen) atoms. The van der Waals surface area contributed by atoms with Crippen molar-refractivity contribution in [2.24, 2.45) is 0 Å². The molecular formula is C20H13N2O3S2-. The number of aromatic amines is 1. The van der Waals surface area contributed by atoms with Gasteiger partial charge in [-0.2, -0.15) is 0 Å². The number of thiophene rings is 1. The van der Waals surface area contributed by atoms with Gasteiger partial charge in [0.2, 0.25) is 0 Å². The number of hydrogen-bond acceptors (Lipinski definition) is 6. The molecular weight excluding hydrogens is 380 g/mol. The highest BCUT2D eigenvalue weighted by Crippen LogP contribution is 2.31. The maximum absolute atomic E-state index is 12.6. The lowest BCUT2D eigenvalue weighted by Gasteiger charge is -2.05. The first kappa shape index (κ1) is 17.5. The fourth-order valence-electron chi connectivity index (χ4n) is 2.72. The summed E-state index contributed by atoms with van der Waals surface area (Å²) in [5, 5.41) is 13.9. The molecule has 0 bridgehead atoms. The fourth-order valence-corrected chi connectivity index (χ4v) is 4.54. The largest absolute Gasteiger partial charge is 0.545 e. The van der Waals surface area contributed by atoms with Gasteiger partial charge in [0.15, 0.2) is 5.16 Å². The number of benzene rings is 2. The van der Waals surface area contributed by atoms with E-state index < -0.39 is 5.97 Å². The number of aromatic nitrogens is 2. The minimum absolute atomic E-state index is 0.142. The molecule has 0 aliphatic heterocycles. The third kappa shape index (κ3) is 3.65. The Hall–Kier alpha value is -2.90. The van der Waals surface area contributed by atoms with E-state index in [4.69, 9.17) is 0 Å². The molecule has 0 atom stereocenters. The molecule has 1 N–H and O–H groups in total. The van der Waals surface area contributed by atoms with E-state index in [1.807, 2.05) is 35.7 Å². The van der Waals surface area contributed by atoms with E-state index in [0.717, 1.165) is 16.7 Å². The number of carbonyl (C=O) groups is 1. The summed E-state index contributed by atoms with van der Waals surface area (Å²) in [4.78, 5) is 31.5. The summed E-state index contributed by atoms with van der Waals surface area (Å²) < 4.78 is 0. The number of nitrogens with one attached hydrogen (secondary N) is 1. The van der Waals surface area contributed by atoms with E-state index in [1.54, 1.807) is 12.1 Å². The summed E-state index contributed by atoms with van der Waals surface area (Å²) in [6.45, 7) is 0. The van der Waals surface area contributed by atoms with Crippen LogP contribution in [0, 0.1) is 0 Å². The lowest BCUT2D eigenvalue weighted by Crippen LogP contribution is -2.21. The van der Waals surface area contributed by atoms with E-state index in [0.29, 0.717) is 21.1 Å². The Bertz CT molecular complexity index is 1170. The van der Waals surface area contributed by atoms with Gasteiger partial charge in [-0.15, -0.1) is 11.3 Å². The molecule has 0 fully saturated rings. The van der Waals surface area contributed by atoms with E-state index in [1.165, 1.54) is 35.2 Å². The van der Waals surface area contributed by atoms with Gasteiger partial charge in [0, 0.05) is 16.7 Å². The number of carbonyl (C=O) groups excluding carboxylic acids is 1. The quantitative estimate of drug-likeness (QED) is 0.415. The lowest BCUT2D eigenvalue weighted by atomic mass is 10.1. The van der Waals surface area contributed by atoms with Crippen LogP contribution in [-0.4, -0.2) is 15.9 Å². The highest BCUT2D eigenvalue weighted by Gasteiger charge is 2.13. The van der Waals surface area contributed by atoms with E-state index in [9.17, 15) is 14.7 Å². The number of carboxylic acids is 1. The van der Waals surface area contributed by atoms with Crippen LogP contribution in [-0.2, 0) is 5.75 Å². The lowest BCUT2D eigenvalue weighted by molar-refractivity contribution is -0.255. The molecule has 0 radical (unpaired) electrons. The van der Waals surface area contributed by atoms with E-state index >= 15 is 0 Å². The number of nitrogens with zero attached hydrogens (tertiary/aromatic N) is 1. The van der Waals surface area contributed by atoms with Crippen LogP contribution in [0.1, 0.15) is 15.9 Å². The Morgan fingerprint density at radius 1 is 1.11 bits per heavy atom. The standard InChI is InChI=1S/C20H14N2O3S2/c23-17-16-15(13-4-2-1-3-5-13)11-26-18(16)22-20(21-17)27-10-12-6-8-14(9-7-12)19(24)25/h1-9,11H,10H2,(H,24,25)(H,21,22,23)/p-1. The highest BCUT2D eigenvalue weighted by atomic mass is 32.2. The van der Waals surface area contributed by atoms with Crippen LogP contribution in [0.5, 0.6) is 0 Å². The molecule has 2 aromatic carbocycles. The molecule has 0 aliphatic rings. The zero-order valence-corrected chi connectivity index (χ0v) is 15.6. The van der Waals surface area contributed by atoms with Crippen LogP contribution in [0.2, 0.25) is 0 Å². The van der Waals surface area contributed by atoms with E-state index in [-0.39, 0.29) is 11.1 Å². The number of rotatable bonds is 5. The Morgan fingerprint density at radius 2 is 1.85 bits per heavy atom. The summed E-state index contributed by atoms with van der Waals surface area (Å²) in [6.07, 6.45) is 0. The van der Waals surface area contributed by atoms with Gasteiger partial charge < -0.3 is 14.9 Å². The van der Waals surface area contributed by atoms with Gasteiger partial charge in [0.1, 0.15) is 4.83 Å². The second kappa shape index (κ2) is 7.38. The smallest absolute Gasteiger partial charge is 0.260 e. The Labute approximate surface area is 162 Å². The van der Waals surface area contributed by atoms with Crippen LogP contribution in [0.3, 0.4) is 0 Å². The van der Waals surface area contributed by atoms with Crippen molar-refractivity contribution in [3.05, 3.63) is 81.5 Å². The fraction of sp³-hybridized carbons (Fsp3) is 0.0500. The molecule has 0 saturated carbocycles. The highest BCUT2D eigenvalue weighted by molar-refractivity contribution is 7.98. The third-order valence-electron chi connectivity index (χ3n) is 4.07. The van der Waals surface area contributed by atoms with Crippen molar-refractivity contribution in [1.29, 1.82) is 0 Å². The first-order valence-electron chi connectivity index (χ1n) is 8.12. The Balaban J connectivity index is 1.59. The summed E-state index contributed by atoms with van der Waals surface area (Å²) in [5.74, 6) is -0.629. The number of hydrogen-bond donors (Lipinski definition) is 1. The number of aromatic carboxylic acids is 1. The SMILES string of the molecule is O=C([O-])c1ccc(CSc2nc3scc(-c4ccccc4)c3c(=O)[nH]2)cc1. The van der Waals surface area contributed by atoms with Gasteiger partial charge in [-0.1, -0.05) is 66.4 Å². The molecule has 2 heterocycles. The van der Waals surface area contributed by atoms with Gasteiger partial charge in [0.25, 0.3) is 5.56 Å². The average molecular weight is 393 g/mol.